The van der Waals surface area contributed by atoms with Crippen molar-refractivity contribution in [2.24, 2.45) is 0 Å². The zero-order chi connectivity index (χ0) is 22.5. The average molecular weight is 467 g/mol. The number of rotatable bonds is 8. The number of aryl methyl sites for hydroxylation is 1. The summed E-state index contributed by atoms with van der Waals surface area (Å²) in [5, 5.41) is 11.6. The minimum atomic E-state index is -0.0231. The highest BCUT2D eigenvalue weighted by atomic mass is 35.5. The van der Waals surface area contributed by atoms with E-state index in [0.717, 1.165) is 22.7 Å². The number of thiazole rings is 1. The van der Waals surface area contributed by atoms with Crippen LogP contribution in [0.15, 0.2) is 58.3 Å². The van der Waals surface area contributed by atoms with E-state index in [1.54, 1.807) is 22.3 Å². The van der Waals surface area contributed by atoms with Crippen LogP contribution in [0.25, 0.3) is 22.0 Å². The van der Waals surface area contributed by atoms with Crippen LogP contribution in [0.3, 0.4) is 0 Å². The lowest BCUT2D eigenvalue weighted by Gasteiger charge is -2.19. The van der Waals surface area contributed by atoms with Crippen LogP contribution in [0, 0.1) is 6.92 Å². The van der Waals surface area contributed by atoms with Crippen LogP contribution in [0.1, 0.15) is 30.5 Å². The monoisotopic (exact) mass is 466 g/mol. The molecule has 32 heavy (non-hydrogen) atoms. The first-order valence-electron chi connectivity index (χ1n) is 10.4. The van der Waals surface area contributed by atoms with Crippen molar-refractivity contribution < 1.29 is 9.21 Å². The van der Waals surface area contributed by atoms with Crippen LogP contribution < -0.4 is 0 Å². The van der Waals surface area contributed by atoms with Crippen molar-refractivity contribution in [3.8, 4) is 22.0 Å². The molecule has 1 amide bonds. The zero-order valence-electron chi connectivity index (χ0n) is 17.9. The van der Waals surface area contributed by atoms with Crippen molar-refractivity contribution in [1.82, 2.24) is 20.1 Å². The summed E-state index contributed by atoms with van der Waals surface area (Å²) in [5.74, 6) is 0.696. The predicted octanol–water partition coefficient (Wildman–Crippen LogP) is 5.80. The average Bonchev–Trinajstić information content (AvgIpc) is 3.44. The Kier molecular flexibility index (Phi) is 6.97. The molecule has 0 bridgehead atoms. The zero-order valence-corrected chi connectivity index (χ0v) is 19.5. The summed E-state index contributed by atoms with van der Waals surface area (Å²) in [5.41, 5.74) is 3.70. The predicted molar refractivity (Wildman–Crippen MR) is 126 cm³/mol. The first-order valence-corrected chi connectivity index (χ1v) is 11.7. The van der Waals surface area contributed by atoms with Gasteiger partial charge < -0.3 is 9.32 Å². The van der Waals surface area contributed by atoms with E-state index in [1.807, 2.05) is 30.5 Å². The van der Waals surface area contributed by atoms with Crippen molar-refractivity contribution >= 4 is 28.8 Å². The Bertz CT molecular complexity index is 1200. The van der Waals surface area contributed by atoms with Crippen LogP contribution >= 0.6 is 22.9 Å². The van der Waals surface area contributed by atoms with Crippen molar-refractivity contribution in [3.05, 3.63) is 76.1 Å². The van der Waals surface area contributed by atoms with E-state index in [2.05, 4.69) is 46.4 Å². The third kappa shape index (κ3) is 5.23. The molecule has 2 heterocycles. The smallest absolute Gasteiger partial charge is 0.249 e. The van der Waals surface area contributed by atoms with Gasteiger partial charge in [-0.05, 0) is 25.5 Å². The Morgan fingerprint density at radius 2 is 1.91 bits per heavy atom. The quantitative estimate of drug-likeness (QED) is 0.328. The Morgan fingerprint density at radius 3 is 2.66 bits per heavy atom. The number of carbonyl (C=O) groups is 1. The summed E-state index contributed by atoms with van der Waals surface area (Å²) in [6.45, 7) is 4.93. The SMILES string of the molecule is CCCN(Cc1nnc(-c2ccccc2Cl)o1)C(=O)Cc1csc(-c2ccc(C)cc2)n1. The lowest BCUT2D eigenvalue weighted by atomic mass is 10.2. The number of amides is 1. The highest BCUT2D eigenvalue weighted by molar-refractivity contribution is 7.13. The molecule has 0 unspecified atom stereocenters. The fraction of sp³-hybridized carbons (Fsp3) is 0.250. The number of halogens is 1. The molecule has 0 spiro atoms. The number of hydrogen-bond donors (Lipinski definition) is 0. The molecule has 4 aromatic rings. The van der Waals surface area contributed by atoms with Gasteiger partial charge in [-0.25, -0.2) is 4.98 Å². The van der Waals surface area contributed by atoms with Gasteiger partial charge in [-0.1, -0.05) is 60.5 Å². The summed E-state index contributed by atoms with van der Waals surface area (Å²) in [7, 11) is 0. The third-order valence-corrected chi connectivity index (χ3v) is 6.20. The number of hydrogen-bond acceptors (Lipinski definition) is 6. The van der Waals surface area contributed by atoms with E-state index >= 15 is 0 Å². The van der Waals surface area contributed by atoms with Gasteiger partial charge in [0.2, 0.25) is 17.7 Å². The normalized spacial score (nSPS) is 11.0. The van der Waals surface area contributed by atoms with Crippen LogP contribution in [0.4, 0.5) is 0 Å². The van der Waals surface area contributed by atoms with Crippen molar-refractivity contribution in [2.75, 3.05) is 6.54 Å². The first kappa shape index (κ1) is 22.2. The Morgan fingerprint density at radius 1 is 1.12 bits per heavy atom. The van der Waals surface area contributed by atoms with E-state index in [9.17, 15) is 4.79 Å². The topological polar surface area (TPSA) is 72.1 Å². The van der Waals surface area contributed by atoms with Crippen LogP contribution in [0.5, 0.6) is 0 Å². The number of nitrogens with zero attached hydrogens (tertiary/aromatic N) is 4. The Hall–Kier alpha value is -3.03. The van der Waals surface area contributed by atoms with Gasteiger partial charge in [-0.15, -0.1) is 21.5 Å². The second kappa shape index (κ2) is 10.1. The minimum absolute atomic E-state index is 0.0231. The van der Waals surface area contributed by atoms with E-state index in [-0.39, 0.29) is 18.9 Å². The summed E-state index contributed by atoms with van der Waals surface area (Å²) < 4.78 is 5.79. The number of aromatic nitrogens is 3. The number of benzene rings is 2. The molecule has 4 rings (SSSR count). The molecule has 0 fully saturated rings. The molecular weight excluding hydrogens is 444 g/mol. The molecule has 8 heteroatoms. The first-order chi connectivity index (χ1) is 15.5. The summed E-state index contributed by atoms with van der Waals surface area (Å²) in [6.07, 6.45) is 1.05. The molecule has 2 aromatic carbocycles. The maximum Gasteiger partial charge on any atom is 0.249 e. The lowest BCUT2D eigenvalue weighted by Crippen LogP contribution is -2.32. The lowest BCUT2D eigenvalue weighted by molar-refractivity contribution is -0.131. The van der Waals surface area contributed by atoms with Gasteiger partial charge in [0.1, 0.15) is 5.01 Å². The Balaban J connectivity index is 1.45. The highest BCUT2D eigenvalue weighted by Gasteiger charge is 2.19. The summed E-state index contributed by atoms with van der Waals surface area (Å²) in [4.78, 5) is 19.4. The van der Waals surface area contributed by atoms with E-state index < -0.39 is 0 Å². The van der Waals surface area contributed by atoms with Gasteiger partial charge >= 0.3 is 0 Å². The molecule has 0 aliphatic carbocycles. The summed E-state index contributed by atoms with van der Waals surface area (Å²) in [6, 6.07) is 15.5. The van der Waals surface area contributed by atoms with Gasteiger partial charge in [0, 0.05) is 17.5 Å². The fourth-order valence-electron chi connectivity index (χ4n) is 3.27. The minimum Gasteiger partial charge on any atom is -0.419 e. The highest BCUT2D eigenvalue weighted by Crippen LogP contribution is 2.27. The van der Waals surface area contributed by atoms with E-state index in [4.69, 9.17) is 16.0 Å². The maximum atomic E-state index is 13.0. The summed E-state index contributed by atoms with van der Waals surface area (Å²) >= 11 is 7.77. The standard InChI is InChI=1S/C24H23ClN4O2S/c1-3-12-29(14-21-27-28-23(31-21)19-6-4-5-7-20(19)25)22(30)13-18-15-32-24(26-18)17-10-8-16(2)9-11-17/h4-11,15H,3,12-14H2,1-2H3. The molecule has 0 aliphatic heterocycles. The Labute approximate surface area is 195 Å². The van der Waals surface area contributed by atoms with Crippen LogP contribution in [-0.4, -0.2) is 32.5 Å². The fourth-order valence-corrected chi connectivity index (χ4v) is 4.31. The molecule has 0 saturated carbocycles. The number of carbonyl (C=O) groups excluding carboxylic acids is 1. The third-order valence-electron chi connectivity index (χ3n) is 4.93. The molecule has 0 saturated heterocycles. The van der Waals surface area contributed by atoms with Crippen molar-refractivity contribution in [1.29, 1.82) is 0 Å². The molecule has 0 N–H and O–H groups in total. The van der Waals surface area contributed by atoms with Gasteiger partial charge in [0.15, 0.2) is 0 Å². The second-order valence-corrected chi connectivity index (χ2v) is 8.75. The largest absolute Gasteiger partial charge is 0.419 e. The molecule has 0 radical (unpaired) electrons. The van der Waals surface area contributed by atoms with Gasteiger partial charge in [-0.3, -0.25) is 4.79 Å². The van der Waals surface area contributed by atoms with E-state index in [1.165, 1.54) is 5.56 Å². The van der Waals surface area contributed by atoms with Gasteiger partial charge in [0.25, 0.3) is 0 Å². The molecular formula is C24H23ClN4O2S. The van der Waals surface area contributed by atoms with Crippen LogP contribution in [-0.2, 0) is 17.8 Å². The van der Waals surface area contributed by atoms with Crippen molar-refractivity contribution in [3.63, 3.8) is 0 Å². The molecule has 164 valence electrons. The van der Waals surface area contributed by atoms with Gasteiger partial charge in [-0.2, -0.15) is 0 Å². The van der Waals surface area contributed by atoms with Crippen molar-refractivity contribution in [2.45, 2.75) is 33.2 Å². The van der Waals surface area contributed by atoms with E-state index in [0.29, 0.717) is 28.9 Å². The van der Waals surface area contributed by atoms with Gasteiger partial charge in [0.05, 0.1) is 29.2 Å². The molecule has 6 nitrogen and oxygen atoms in total. The molecule has 0 atom stereocenters. The second-order valence-electron chi connectivity index (χ2n) is 7.48. The molecule has 0 aliphatic rings. The molecule has 2 aromatic heterocycles. The maximum absolute atomic E-state index is 13.0. The van der Waals surface area contributed by atoms with Crippen LogP contribution in [0.2, 0.25) is 5.02 Å².